The van der Waals surface area contributed by atoms with E-state index in [1.165, 1.54) is 25.3 Å². The number of hydrogen-bond acceptors (Lipinski definition) is 5. The molecule has 2 aromatic carbocycles. The van der Waals surface area contributed by atoms with E-state index < -0.39 is 17.6 Å². The predicted octanol–water partition coefficient (Wildman–Crippen LogP) is 3.80. The Morgan fingerprint density at radius 1 is 1.14 bits per heavy atom. The van der Waals surface area contributed by atoms with Gasteiger partial charge in [-0.2, -0.15) is 5.12 Å². The summed E-state index contributed by atoms with van der Waals surface area (Å²) < 4.78 is 31.7. The number of amides is 1. The van der Waals surface area contributed by atoms with Crippen molar-refractivity contribution in [2.45, 2.75) is 13.3 Å². The quantitative estimate of drug-likeness (QED) is 0.521. The summed E-state index contributed by atoms with van der Waals surface area (Å²) in [7, 11) is 1.13. The molecule has 0 aliphatic heterocycles. The van der Waals surface area contributed by atoms with Gasteiger partial charge in [0.15, 0.2) is 5.75 Å². The van der Waals surface area contributed by atoms with Gasteiger partial charge in [-0.15, -0.1) is 0 Å². The number of rotatable bonds is 5. The van der Waals surface area contributed by atoms with Gasteiger partial charge in [-0.3, -0.25) is 9.78 Å². The second-order valence-corrected chi connectivity index (χ2v) is 6.34. The Balaban J connectivity index is 2.17. The van der Waals surface area contributed by atoms with Crippen molar-refractivity contribution < 1.29 is 28.3 Å². The fraction of sp³-hybridized carbons (Fsp3) is 0.190. The number of halogens is 2. The number of carbonyl (C=O) groups excluding carboxylic acids is 2. The Bertz CT molecular complexity index is 1080. The number of esters is 1. The summed E-state index contributed by atoms with van der Waals surface area (Å²) in [6.07, 6.45) is 1.84. The molecule has 8 heteroatoms. The normalized spacial score (nSPS) is 10.8. The van der Waals surface area contributed by atoms with Crippen LogP contribution in [0.1, 0.15) is 38.8 Å². The minimum atomic E-state index is -0.969. The van der Waals surface area contributed by atoms with Crippen LogP contribution < -0.4 is 0 Å². The first-order valence-electron chi connectivity index (χ1n) is 8.80. The summed E-state index contributed by atoms with van der Waals surface area (Å²) in [5.41, 5.74) is 1.02. The molecule has 0 saturated carbocycles. The van der Waals surface area contributed by atoms with Gasteiger partial charge in [-0.1, -0.05) is 16.6 Å². The fourth-order valence-corrected chi connectivity index (χ4v) is 2.97. The Hall–Kier alpha value is -3.55. The van der Waals surface area contributed by atoms with Crippen LogP contribution in [0.2, 0.25) is 0 Å². The van der Waals surface area contributed by atoms with Crippen LogP contribution in [-0.2, 0) is 11.2 Å². The molecule has 3 aromatic rings. The second kappa shape index (κ2) is 8.22. The number of hydrogen-bond donors (Lipinski definition) is 1. The van der Waals surface area contributed by atoms with Gasteiger partial charge in [0.05, 0.1) is 19.2 Å². The lowest BCUT2D eigenvalue weighted by molar-refractivity contribution is 0.0229. The summed E-state index contributed by atoms with van der Waals surface area (Å²) >= 11 is 0. The van der Waals surface area contributed by atoms with E-state index >= 15 is 0 Å². The standard InChI is InChI=1S/C21H18F2N2O4/c1-3-25(23)20(27)16-10-17(21(28)29-2)19(26)18-15(16)9-13(11-24-18)8-12-4-6-14(22)7-5-12/h4-7,9-11,26H,3,8H2,1-2H3. The van der Waals surface area contributed by atoms with E-state index in [1.807, 2.05) is 0 Å². The highest BCUT2D eigenvalue weighted by molar-refractivity contribution is 6.11. The lowest BCUT2D eigenvalue weighted by atomic mass is 9.98. The number of fused-ring (bicyclic) bond motifs is 1. The first-order chi connectivity index (χ1) is 13.8. The zero-order chi connectivity index (χ0) is 21.1. The molecule has 1 amide bonds. The van der Waals surface area contributed by atoms with Crippen molar-refractivity contribution in [1.82, 2.24) is 10.1 Å². The van der Waals surface area contributed by atoms with Crippen LogP contribution in [0, 0.1) is 5.82 Å². The van der Waals surface area contributed by atoms with Crippen molar-refractivity contribution in [2.24, 2.45) is 0 Å². The van der Waals surface area contributed by atoms with Crippen molar-refractivity contribution in [1.29, 1.82) is 0 Å². The van der Waals surface area contributed by atoms with Gasteiger partial charge in [0.1, 0.15) is 16.9 Å². The van der Waals surface area contributed by atoms with Gasteiger partial charge in [-0.05, 0) is 48.7 Å². The third-order valence-corrected chi connectivity index (χ3v) is 4.46. The largest absolute Gasteiger partial charge is 0.505 e. The van der Waals surface area contributed by atoms with E-state index in [1.54, 1.807) is 18.2 Å². The van der Waals surface area contributed by atoms with Crippen molar-refractivity contribution >= 4 is 22.8 Å². The van der Waals surface area contributed by atoms with E-state index in [0.29, 0.717) is 12.0 Å². The number of pyridine rings is 1. The maximum atomic E-state index is 14.0. The maximum absolute atomic E-state index is 14.0. The lowest BCUT2D eigenvalue weighted by Gasteiger charge is -2.15. The summed E-state index contributed by atoms with van der Waals surface area (Å²) in [6, 6.07) is 8.57. The molecule has 0 unspecified atom stereocenters. The number of benzene rings is 2. The number of nitrogens with zero attached hydrogens (tertiary/aromatic N) is 2. The molecule has 150 valence electrons. The highest BCUT2D eigenvalue weighted by Gasteiger charge is 2.24. The van der Waals surface area contributed by atoms with Crippen LogP contribution in [0.25, 0.3) is 10.9 Å². The number of ether oxygens (including phenoxy) is 1. The molecule has 1 aromatic heterocycles. The number of phenolic OH excluding ortho intramolecular Hbond substituents is 1. The number of carbonyl (C=O) groups is 2. The summed E-state index contributed by atoms with van der Waals surface area (Å²) in [4.78, 5) is 28.7. The highest BCUT2D eigenvalue weighted by atomic mass is 19.2. The van der Waals surface area contributed by atoms with Crippen LogP contribution in [0.15, 0.2) is 42.6 Å². The zero-order valence-electron chi connectivity index (χ0n) is 15.8. The SMILES string of the molecule is CCN(F)C(=O)c1cc(C(=O)OC)c(O)c2ncc(Cc3ccc(F)cc3)cc12. The first kappa shape index (κ1) is 20.2. The fourth-order valence-electron chi connectivity index (χ4n) is 2.97. The zero-order valence-corrected chi connectivity index (χ0v) is 15.8. The molecular formula is C21H18F2N2O4. The third kappa shape index (κ3) is 4.01. The Morgan fingerprint density at radius 2 is 1.83 bits per heavy atom. The molecule has 1 heterocycles. The molecule has 3 rings (SSSR count). The highest BCUT2D eigenvalue weighted by Crippen LogP contribution is 2.32. The maximum Gasteiger partial charge on any atom is 0.341 e. The molecule has 0 aliphatic carbocycles. The van der Waals surface area contributed by atoms with E-state index in [2.05, 4.69) is 9.72 Å². The van der Waals surface area contributed by atoms with E-state index in [4.69, 9.17) is 0 Å². The summed E-state index contributed by atoms with van der Waals surface area (Å²) in [5, 5.41) is 10.6. The average molecular weight is 400 g/mol. The van der Waals surface area contributed by atoms with Gasteiger partial charge >= 0.3 is 5.97 Å². The van der Waals surface area contributed by atoms with E-state index in [-0.39, 0.29) is 39.5 Å². The minimum absolute atomic E-state index is 0.000470. The number of aromatic hydroxyl groups is 1. The van der Waals surface area contributed by atoms with Crippen LogP contribution in [-0.4, -0.2) is 40.7 Å². The molecule has 6 nitrogen and oxygen atoms in total. The lowest BCUT2D eigenvalue weighted by Crippen LogP contribution is -2.23. The number of phenols is 1. The van der Waals surface area contributed by atoms with Gasteiger partial charge in [0.2, 0.25) is 0 Å². The topological polar surface area (TPSA) is 79.7 Å². The van der Waals surface area contributed by atoms with Crippen LogP contribution in [0.4, 0.5) is 8.87 Å². The third-order valence-electron chi connectivity index (χ3n) is 4.46. The molecule has 0 fully saturated rings. The average Bonchev–Trinajstić information content (AvgIpc) is 2.74. The van der Waals surface area contributed by atoms with Gasteiger partial charge in [0, 0.05) is 11.6 Å². The van der Waals surface area contributed by atoms with Gasteiger partial charge in [0.25, 0.3) is 5.91 Å². The van der Waals surface area contributed by atoms with Crippen molar-refractivity contribution in [2.75, 3.05) is 13.7 Å². The molecule has 0 atom stereocenters. The Kier molecular flexibility index (Phi) is 5.72. The van der Waals surface area contributed by atoms with E-state index in [9.17, 15) is 23.6 Å². The molecule has 0 saturated heterocycles. The summed E-state index contributed by atoms with van der Waals surface area (Å²) in [5.74, 6) is -2.67. The molecule has 29 heavy (non-hydrogen) atoms. The number of aromatic nitrogens is 1. The smallest absolute Gasteiger partial charge is 0.341 e. The minimum Gasteiger partial charge on any atom is -0.505 e. The van der Waals surface area contributed by atoms with E-state index in [0.717, 1.165) is 18.7 Å². The Morgan fingerprint density at radius 3 is 2.45 bits per heavy atom. The van der Waals surface area contributed by atoms with Gasteiger partial charge in [-0.25, -0.2) is 9.18 Å². The predicted molar refractivity (Wildman–Crippen MR) is 102 cm³/mol. The van der Waals surface area contributed by atoms with Crippen LogP contribution in [0.3, 0.4) is 0 Å². The monoisotopic (exact) mass is 400 g/mol. The van der Waals surface area contributed by atoms with Crippen molar-refractivity contribution in [3.05, 3.63) is 70.7 Å². The van der Waals surface area contributed by atoms with Crippen LogP contribution >= 0.6 is 0 Å². The molecule has 1 N–H and O–H groups in total. The first-order valence-corrected chi connectivity index (χ1v) is 8.80. The van der Waals surface area contributed by atoms with Crippen LogP contribution in [0.5, 0.6) is 5.75 Å². The van der Waals surface area contributed by atoms with Crippen molar-refractivity contribution in [3.8, 4) is 5.75 Å². The van der Waals surface area contributed by atoms with Crippen molar-refractivity contribution in [3.63, 3.8) is 0 Å². The molecule has 0 bridgehead atoms. The number of methoxy groups -OCH3 is 1. The van der Waals surface area contributed by atoms with Gasteiger partial charge < -0.3 is 9.84 Å². The second-order valence-electron chi connectivity index (χ2n) is 6.34. The molecular weight excluding hydrogens is 382 g/mol. The Labute approximate surface area is 165 Å². The summed E-state index contributed by atoms with van der Waals surface area (Å²) in [6.45, 7) is 1.26. The molecule has 0 spiro atoms. The molecule has 0 radical (unpaired) electrons. The molecule has 0 aliphatic rings.